The summed E-state index contributed by atoms with van der Waals surface area (Å²) < 4.78 is 5.78. The first-order chi connectivity index (χ1) is 13.2. The van der Waals surface area contributed by atoms with Crippen molar-refractivity contribution in [3.63, 3.8) is 0 Å². The molecule has 1 fully saturated rings. The van der Waals surface area contributed by atoms with Crippen molar-refractivity contribution >= 4 is 36.4 Å². The van der Waals surface area contributed by atoms with Gasteiger partial charge in [-0.05, 0) is 48.1 Å². The maximum absolute atomic E-state index is 12.9. The zero-order valence-electron chi connectivity index (χ0n) is 16.4. The molecule has 0 saturated carbocycles. The topological polar surface area (TPSA) is 67.6 Å². The maximum atomic E-state index is 12.9. The zero-order valence-corrected chi connectivity index (χ0v) is 18.0. The van der Waals surface area contributed by atoms with Gasteiger partial charge in [-0.3, -0.25) is 9.69 Å². The van der Waals surface area contributed by atoms with E-state index >= 15 is 0 Å². The number of ether oxygens (including phenoxy) is 1. The molecule has 2 unspecified atom stereocenters. The molecular formula is C22H29Cl2N3O2. The summed E-state index contributed by atoms with van der Waals surface area (Å²) in [6.45, 7) is 2.91. The Hall–Kier alpha value is -1.79. The first-order valence-corrected chi connectivity index (χ1v) is 9.75. The minimum absolute atomic E-state index is 0. The first kappa shape index (κ1) is 23.5. The van der Waals surface area contributed by atoms with Crippen LogP contribution in [-0.4, -0.2) is 36.6 Å². The van der Waals surface area contributed by atoms with Crippen LogP contribution in [0.3, 0.4) is 0 Å². The van der Waals surface area contributed by atoms with E-state index in [9.17, 15) is 4.79 Å². The van der Waals surface area contributed by atoms with Crippen molar-refractivity contribution in [3.05, 3.63) is 65.2 Å². The normalized spacial score (nSPS) is 21.2. The van der Waals surface area contributed by atoms with Crippen LogP contribution in [0.5, 0.6) is 0 Å². The number of rotatable bonds is 4. The van der Waals surface area contributed by atoms with E-state index in [0.29, 0.717) is 13.2 Å². The quantitative estimate of drug-likeness (QED) is 0.718. The molecule has 0 bridgehead atoms. The second kappa shape index (κ2) is 10.8. The number of nitrogens with zero attached hydrogens (tertiary/aromatic N) is 1. The lowest BCUT2D eigenvalue weighted by Crippen LogP contribution is -2.50. The van der Waals surface area contributed by atoms with E-state index in [0.717, 1.165) is 38.0 Å². The van der Waals surface area contributed by atoms with E-state index in [4.69, 9.17) is 10.5 Å². The number of hydrogen-bond donors (Lipinski definition) is 2. The second-order valence-corrected chi connectivity index (χ2v) is 7.49. The molecule has 2 atom stereocenters. The second-order valence-electron chi connectivity index (χ2n) is 7.49. The number of carbonyl (C=O) groups is 1. The van der Waals surface area contributed by atoms with E-state index in [1.807, 2.05) is 30.3 Å². The highest BCUT2D eigenvalue weighted by atomic mass is 35.5. The van der Waals surface area contributed by atoms with Gasteiger partial charge >= 0.3 is 0 Å². The molecular weight excluding hydrogens is 409 g/mol. The van der Waals surface area contributed by atoms with Gasteiger partial charge in [-0.15, -0.1) is 24.8 Å². The average Bonchev–Trinajstić information content (AvgIpc) is 2.69. The lowest BCUT2D eigenvalue weighted by atomic mass is 9.87. The number of carbonyl (C=O) groups excluding carboxylic acids is 1. The Bertz CT molecular complexity index is 804. The molecule has 2 aromatic carbocycles. The monoisotopic (exact) mass is 437 g/mol. The summed E-state index contributed by atoms with van der Waals surface area (Å²) in [6.07, 6.45) is 2.63. The van der Waals surface area contributed by atoms with Crippen molar-refractivity contribution in [1.82, 2.24) is 10.2 Å². The maximum Gasteiger partial charge on any atom is 0.250 e. The fourth-order valence-electron chi connectivity index (χ4n) is 4.10. The molecule has 29 heavy (non-hydrogen) atoms. The van der Waals surface area contributed by atoms with Gasteiger partial charge in [0.1, 0.15) is 6.10 Å². The molecule has 1 heterocycles. The summed E-state index contributed by atoms with van der Waals surface area (Å²) >= 11 is 0. The van der Waals surface area contributed by atoms with Gasteiger partial charge in [-0.1, -0.05) is 36.4 Å². The van der Waals surface area contributed by atoms with Crippen molar-refractivity contribution in [3.8, 4) is 0 Å². The highest BCUT2D eigenvalue weighted by molar-refractivity contribution is 5.85. The molecule has 0 aromatic heterocycles. The summed E-state index contributed by atoms with van der Waals surface area (Å²) in [7, 11) is 0. The number of halogens is 2. The van der Waals surface area contributed by atoms with Crippen LogP contribution in [0.15, 0.2) is 48.5 Å². The van der Waals surface area contributed by atoms with Crippen LogP contribution < -0.4 is 11.1 Å². The molecule has 7 heteroatoms. The molecule has 0 radical (unpaired) electrons. The Balaban J connectivity index is 0.00000150. The average molecular weight is 438 g/mol. The largest absolute Gasteiger partial charge is 0.399 e. The molecule has 1 aliphatic carbocycles. The third-order valence-corrected chi connectivity index (χ3v) is 5.49. The molecule has 1 saturated heterocycles. The number of nitrogens with two attached hydrogens (primary N) is 1. The minimum Gasteiger partial charge on any atom is -0.399 e. The molecule has 158 valence electrons. The summed E-state index contributed by atoms with van der Waals surface area (Å²) in [4.78, 5) is 15.1. The van der Waals surface area contributed by atoms with Crippen molar-refractivity contribution in [1.29, 1.82) is 0 Å². The molecule has 2 aliphatic rings. The number of hydrogen-bond acceptors (Lipinski definition) is 4. The third kappa shape index (κ3) is 5.86. The first-order valence-electron chi connectivity index (χ1n) is 9.75. The number of benzene rings is 2. The van der Waals surface area contributed by atoms with Crippen LogP contribution in [0.1, 0.15) is 35.6 Å². The van der Waals surface area contributed by atoms with E-state index in [1.54, 1.807) is 0 Å². The molecule has 1 aliphatic heterocycles. The highest BCUT2D eigenvalue weighted by Crippen LogP contribution is 2.31. The molecule has 4 rings (SSSR count). The molecule has 1 amide bonds. The summed E-state index contributed by atoms with van der Waals surface area (Å²) in [6, 6.07) is 16.4. The minimum atomic E-state index is -0.415. The van der Waals surface area contributed by atoms with E-state index < -0.39 is 6.10 Å². The van der Waals surface area contributed by atoms with Gasteiger partial charge in [0.2, 0.25) is 0 Å². The highest BCUT2D eigenvalue weighted by Gasteiger charge is 2.30. The Morgan fingerprint density at radius 3 is 2.76 bits per heavy atom. The molecule has 3 N–H and O–H groups in total. The Morgan fingerprint density at radius 2 is 1.97 bits per heavy atom. The van der Waals surface area contributed by atoms with Gasteiger partial charge < -0.3 is 15.8 Å². The van der Waals surface area contributed by atoms with Gasteiger partial charge in [0, 0.05) is 25.3 Å². The van der Waals surface area contributed by atoms with Gasteiger partial charge in [0.05, 0.1) is 12.6 Å². The van der Waals surface area contributed by atoms with Crippen LogP contribution in [0.2, 0.25) is 0 Å². The Labute approximate surface area is 184 Å². The number of nitrogen functional groups attached to an aromatic ring is 1. The summed E-state index contributed by atoms with van der Waals surface area (Å²) in [5, 5.41) is 3.22. The van der Waals surface area contributed by atoms with Gasteiger partial charge in [0.15, 0.2) is 0 Å². The number of aryl methyl sites for hydroxylation is 1. The van der Waals surface area contributed by atoms with Crippen LogP contribution in [-0.2, 0) is 22.5 Å². The van der Waals surface area contributed by atoms with Crippen LogP contribution in [0.4, 0.5) is 5.69 Å². The lowest BCUT2D eigenvalue weighted by molar-refractivity contribution is -0.139. The van der Waals surface area contributed by atoms with Crippen molar-refractivity contribution in [2.45, 2.75) is 38.0 Å². The summed E-state index contributed by atoms with van der Waals surface area (Å²) in [5.74, 6) is -0.0116. The SMILES string of the molecule is Cl.Cl.Nc1ccc2c(c1)CCCC2NC(=O)C1CN(Cc2ccccc2)CCO1. The van der Waals surface area contributed by atoms with E-state index in [-0.39, 0.29) is 36.8 Å². The van der Waals surface area contributed by atoms with Crippen molar-refractivity contribution in [2.75, 3.05) is 25.4 Å². The predicted octanol–water partition coefficient (Wildman–Crippen LogP) is 3.51. The molecule has 5 nitrogen and oxygen atoms in total. The third-order valence-electron chi connectivity index (χ3n) is 5.49. The Morgan fingerprint density at radius 1 is 1.17 bits per heavy atom. The van der Waals surface area contributed by atoms with Gasteiger partial charge in [-0.2, -0.15) is 0 Å². The lowest BCUT2D eigenvalue weighted by Gasteiger charge is -2.34. The number of morpholine rings is 1. The Kier molecular flexibility index (Phi) is 8.78. The standard InChI is InChI=1S/C22H27N3O2.2ClH/c23-18-9-10-19-17(13-18)7-4-8-20(19)24-22(26)21-15-25(11-12-27-21)14-16-5-2-1-3-6-16;;/h1-3,5-6,9-10,13,20-21H,4,7-8,11-12,14-15,23H2,(H,24,26);2*1H. The molecule has 2 aromatic rings. The number of fused-ring (bicyclic) bond motifs is 1. The fraction of sp³-hybridized carbons (Fsp3) is 0.409. The summed E-state index contributed by atoms with van der Waals surface area (Å²) in [5.41, 5.74) is 10.4. The number of anilines is 1. The van der Waals surface area contributed by atoms with E-state index in [2.05, 4.69) is 28.4 Å². The number of amides is 1. The molecule has 0 spiro atoms. The van der Waals surface area contributed by atoms with Crippen molar-refractivity contribution in [2.24, 2.45) is 0 Å². The van der Waals surface area contributed by atoms with Crippen LogP contribution >= 0.6 is 24.8 Å². The van der Waals surface area contributed by atoms with Gasteiger partial charge in [0.25, 0.3) is 5.91 Å². The van der Waals surface area contributed by atoms with Crippen LogP contribution in [0.25, 0.3) is 0 Å². The fourth-order valence-corrected chi connectivity index (χ4v) is 4.10. The number of nitrogens with one attached hydrogen (secondary N) is 1. The predicted molar refractivity (Wildman–Crippen MR) is 121 cm³/mol. The van der Waals surface area contributed by atoms with E-state index in [1.165, 1.54) is 16.7 Å². The van der Waals surface area contributed by atoms with Crippen molar-refractivity contribution < 1.29 is 9.53 Å². The van der Waals surface area contributed by atoms with Crippen LogP contribution in [0, 0.1) is 0 Å². The smallest absolute Gasteiger partial charge is 0.250 e. The van der Waals surface area contributed by atoms with Gasteiger partial charge in [-0.25, -0.2) is 0 Å². The zero-order chi connectivity index (χ0) is 18.6.